The Morgan fingerprint density at radius 3 is 2.44 bits per heavy atom. The predicted molar refractivity (Wildman–Crippen MR) is 95.7 cm³/mol. The molecule has 1 aromatic rings. The van der Waals surface area contributed by atoms with Crippen LogP contribution in [0.3, 0.4) is 0 Å². The van der Waals surface area contributed by atoms with Crippen molar-refractivity contribution in [2.75, 3.05) is 31.0 Å². The molecule has 2 N–H and O–H groups in total. The van der Waals surface area contributed by atoms with Crippen molar-refractivity contribution < 1.29 is 17.9 Å². The molecule has 0 amide bonds. The molecular weight excluding hydrogens is 342 g/mol. The van der Waals surface area contributed by atoms with Gasteiger partial charge in [-0.15, -0.1) is 0 Å². The predicted octanol–water partition coefficient (Wildman–Crippen LogP) is 1.05. The number of nitrogens with zero attached hydrogens (tertiary/aromatic N) is 1. The van der Waals surface area contributed by atoms with Crippen molar-refractivity contribution in [1.29, 1.82) is 0 Å². The lowest BCUT2D eigenvalue weighted by atomic mass is 9.86. The number of ether oxygens (including phenoxy) is 2. The maximum atomic E-state index is 11.4. The van der Waals surface area contributed by atoms with Gasteiger partial charge in [0.1, 0.15) is 0 Å². The zero-order chi connectivity index (χ0) is 17.4. The number of rotatable bonds is 5. The third kappa shape index (κ3) is 3.86. The zero-order valence-electron chi connectivity index (χ0n) is 14.4. The fourth-order valence-electron chi connectivity index (χ4n) is 3.80. The van der Waals surface area contributed by atoms with Gasteiger partial charge in [0, 0.05) is 43.0 Å². The van der Waals surface area contributed by atoms with Crippen LogP contribution in [0.15, 0.2) is 18.2 Å². The average Bonchev–Trinajstić information content (AvgIpc) is 3.04. The summed E-state index contributed by atoms with van der Waals surface area (Å²) in [6.45, 7) is 2.26. The number of fused-ring (bicyclic) bond motifs is 1. The molecule has 1 aliphatic carbocycles. The highest BCUT2D eigenvalue weighted by molar-refractivity contribution is 7.88. The van der Waals surface area contributed by atoms with Gasteiger partial charge in [0.05, 0.1) is 6.26 Å². The smallest absolute Gasteiger partial charge is 0.231 e. The molecule has 2 atom stereocenters. The van der Waals surface area contributed by atoms with Crippen LogP contribution in [0, 0.1) is 0 Å². The summed E-state index contributed by atoms with van der Waals surface area (Å²) >= 11 is 0. The van der Waals surface area contributed by atoms with Gasteiger partial charge in [0.2, 0.25) is 16.8 Å². The topological polar surface area (TPSA) is 79.9 Å². The van der Waals surface area contributed by atoms with E-state index in [1.54, 1.807) is 0 Å². The van der Waals surface area contributed by atoms with Crippen LogP contribution < -0.4 is 24.4 Å². The van der Waals surface area contributed by atoms with Crippen LogP contribution in [-0.2, 0) is 10.0 Å². The Labute approximate surface area is 148 Å². The van der Waals surface area contributed by atoms with Crippen molar-refractivity contribution in [1.82, 2.24) is 10.0 Å². The van der Waals surface area contributed by atoms with Crippen LogP contribution in [0.25, 0.3) is 0 Å². The van der Waals surface area contributed by atoms with E-state index in [0.29, 0.717) is 12.8 Å². The number of benzene rings is 1. The molecule has 2 heterocycles. The van der Waals surface area contributed by atoms with Crippen LogP contribution in [0.2, 0.25) is 0 Å². The Morgan fingerprint density at radius 1 is 1.04 bits per heavy atom. The van der Waals surface area contributed by atoms with Crippen molar-refractivity contribution in [3.63, 3.8) is 0 Å². The van der Waals surface area contributed by atoms with Crippen molar-refractivity contribution >= 4 is 15.7 Å². The molecule has 0 aromatic heterocycles. The van der Waals surface area contributed by atoms with Crippen LogP contribution in [0.5, 0.6) is 11.5 Å². The van der Waals surface area contributed by atoms with Crippen LogP contribution >= 0.6 is 0 Å². The third-order valence-electron chi connectivity index (χ3n) is 5.31. The maximum Gasteiger partial charge on any atom is 0.231 e. The minimum Gasteiger partial charge on any atom is -0.454 e. The molecule has 8 heteroatoms. The summed E-state index contributed by atoms with van der Waals surface area (Å²) < 4.78 is 36.3. The van der Waals surface area contributed by atoms with E-state index in [-0.39, 0.29) is 12.1 Å². The highest BCUT2D eigenvalue weighted by Gasteiger charge is 2.35. The first-order valence-electron chi connectivity index (χ1n) is 8.86. The molecule has 2 fully saturated rings. The lowest BCUT2D eigenvalue weighted by Gasteiger charge is -2.42. The van der Waals surface area contributed by atoms with Crippen LogP contribution in [0.1, 0.15) is 25.7 Å². The second-order valence-electron chi connectivity index (χ2n) is 7.15. The van der Waals surface area contributed by atoms with Gasteiger partial charge in [0.15, 0.2) is 11.5 Å². The minimum atomic E-state index is -3.13. The molecule has 3 aliphatic rings. The van der Waals surface area contributed by atoms with E-state index in [2.05, 4.69) is 21.0 Å². The fraction of sp³-hybridized carbons (Fsp3) is 0.647. The summed E-state index contributed by atoms with van der Waals surface area (Å²) in [6, 6.07) is 6.85. The number of nitrogens with one attached hydrogen (secondary N) is 2. The maximum absolute atomic E-state index is 11.4. The monoisotopic (exact) mass is 367 g/mol. The Balaban J connectivity index is 1.29. The third-order valence-corrected chi connectivity index (χ3v) is 6.04. The number of hydrogen-bond acceptors (Lipinski definition) is 6. The van der Waals surface area contributed by atoms with Crippen molar-refractivity contribution in [3.8, 4) is 11.5 Å². The Bertz CT molecular complexity index is 731. The van der Waals surface area contributed by atoms with E-state index in [1.807, 2.05) is 12.1 Å². The second-order valence-corrected chi connectivity index (χ2v) is 8.93. The van der Waals surface area contributed by atoms with Crippen molar-refractivity contribution in [3.05, 3.63) is 18.2 Å². The van der Waals surface area contributed by atoms with Gasteiger partial charge >= 0.3 is 0 Å². The molecule has 0 radical (unpaired) electrons. The first-order chi connectivity index (χ1) is 12.0. The number of anilines is 1. The molecule has 138 valence electrons. The first-order valence-corrected chi connectivity index (χ1v) is 10.7. The van der Waals surface area contributed by atoms with E-state index >= 15 is 0 Å². The lowest BCUT2D eigenvalue weighted by molar-refractivity contribution is 0.174. The molecule has 1 saturated carbocycles. The Morgan fingerprint density at radius 2 is 1.76 bits per heavy atom. The van der Waals surface area contributed by atoms with Crippen LogP contribution in [-0.4, -0.2) is 52.7 Å². The quantitative estimate of drug-likeness (QED) is 0.810. The molecule has 0 spiro atoms. The largest absolute Gasteiger partial charge is 0.454 e. The Kier molecular flexibility index (Phi) is 4.51. The molecule has 0 unspecified atom stereocenters. The van der Waals surface area contributed by atoms with E-state index in [0.717, 1.165) is 50.3 Å². The molecule has 1 saturated heterocycles. The summed E-state index contributed by atoms with van der Waals surface area (Å²) in [6.07, 6.45) is 5.29. The van der Waals surface area contributed by atoms with Gasteiger partial charge in [-0.25, -0.2) is 13.1 Å². The summed E-state index contributed by atoms with van der Waals surface area (Å²) in [5.41, 5.74) is 1.17. The Hall–Kier alpha value is -1.51. The van der Waals surface area contributed by atoms with Gasteiger partial charge in [-0.3, -0.25) is 0 Å². The first kappa shape index (κ1) is 16.9. The van der Waals surface area contributed by atoms with E-state index in [4.69, 9.17) is 9.47 Å². The van der Waals surface area contributed by atoms with E-state index in [9.17, 15) is 8.42 Å². The standard InChI is InChI=1S/C17H25N3O4S/c1-25(21,22)19-15-4-3-14(15)18-12-6-8-20(9-7-12)13-2-5-16-17(10-13)24-11-23-16/h2,5,10,12,14-15,18-19H,3-4,6-9,11H2,1H3/t14-,15+/m1/s1. The minimum absolute atomic E-state index is 0.0434. The summed E-state index contributed by atoms with van der Waals surface area (Å²) in [4.78, 5) is 2.37. The fourth-order valence-corrected chi connectivity index (χ4v) is 4.64. The number of piperidine rings is 1. The molecule has 7 nitrogen and oxygen atoms in total. The molecule has 2 aliphatic heterocycles. The van der Waals surface area contributed by atoms with Crippen LogP contribution in [0.4, 0.5) is 5.69 Å². The van der Waals surface area contributed by atoms with Crippen molar-refractivity contribution in [2.24, 2.45) is 0 Å². The number of hydrogen-bond donors (Lipinski definition) is 2. The van der Waals surface area contributed by atoms with Gasteiger partial charge in [0.25, 0.3) is 0 Å². The second kappa shape index (κ2) is 6.66. The normalized spacial score (nSPS) is 26.5. The van der Waals surface area contributed by atoms with Crippen molar-refractivity contribution in [2.45, 2.75) is 43.8 Å². The molecule has 25 heavy (non-hydrogen) atoms. The summed E-state index contributed by atoms with van der Waals surface area (Å²) in [7, 11) is -3.13. The SMILES string of the molecule is CS(=O)(=O)N[C@H]1CC[C@H]1NC1CCN(c2ccc3c(c2)OCO3)CC1. The van der Waals surface area contributed by atoms with Gasteiger partial charge in [-0.2, -0.15) is 0 Å². The van der Waals surface area contributed by atoms with Gasteiger partial charge in [-0.05, 0) is 37.8 Å². The zero-order valence-corrected chi connectivity index (χ0v) is 15.2. The van der Waals surface area contributed by atoms with E-state index < -0.39 is 10.0 Å². The summed E-state index contributed by atoms with van der Waals surface area (Å²) in [5.74, 6) is 1.64. The van der Waals surface area contributed by atoms with Gasteiger partial charge < -0.3 is 19.7 Å². The highest BCUT2D eigenvalue weighted by Crippen LogP contribution is 2.36. The average molecular weight is 367 g/mol. The molecule has 1 aromatic carbocycles. The van der Waals surface area contributed by atoms with Gasteiger partial charge in [-0.1, -0.05) is 0 Å². The molecular formula is C17H25N3O4S. The molecule has 4 rings (SSSR count). The van der Waals surface area contributed by atoms with E-state index in [1.165, 1.54) is 11.9 Å². The highest BCUT2D eigenvalue weighted by atomic mass is 32.2. The number of sulfonamides is 1. The summed E-state index contributed by atoms with van der Waals surface area (Å²) in [5, 5.41) is 3.64. The lowest BCUT2D eigenvalue weighted by Crippen LogP contribution is -2.60. The molecule has 0 bridgehead atoms.